The molecule has 1 heterocycles. The van der Waals surface area contributed by atoms with E-state index in [1.165, 1.54) is 35.6 Å². The van der Waals surface area contributed by atoms with Crippen LogP contribution in [0, 0.1) is 10.1 Å². The average Bonchev–Trinajstić information content (AvgIpc) is 3.11. The van der Waals surface area contributed by atoms with Gasteiger partial charge in [0.25, 0.3) is 11.6 Å². The summed E-state index contributed by atoms with van der Waals surface area (Å²) in [6, 6.07) is 15.2. The van der Waals surface area contributed by atoms with Crippen LogP contribution in [0.1, 0.15) is 6.92 Å². The fraction of sp³-hybridized carbons (Fsp3) is 0.111. The SMILES string of the molecule is C[C@@H](Oc1ccc([N+](=O)[O-])cc1)C(=O)Nc1nc(-c2ccccc2)cs1. The number of ether oxygens (including phenoxy) is 1. The molecule has 0 aliphatic rings. The highest BCUT2D eigenvalue weighted by atomic mass is 32.1. The molecular weight excluding hydrogens is 354 g/mol. The molecule has 0 aliphatic carbocycles. The Balaban J connectivity index is 1.61. The van der Waals surface area contributed by atoms with Crippen molar-refractivity contribution in [1.82, 2.24) is 4.98 Å². The predicted octanol–water partition coefficient (Wildman–Crippen LogP) is 4.12. The summed E-state index contributed by atoms with van der Waals surface area (Å²) < 4.78 is 5.52. The van der Waals surface area contributed by atoms with Crippen molar-refractivity contribution < 1.29 is 14.5 Å². The molecule has 0 bridgehead atoms. The van der Waals surface area contributed by atoms with Crippen molar-refractivity contribution >= 4 is 28.1 Å². The number of nitrogens with one attached hydrogen (secondary N) is 1. The Kier molecular flexibility index (Phi) is 5.23. The van der Waals surface area contributed by atoms with Gasteiger partial charge in [0, 0.05) is 23.1 Å². The number of aromatic nitrogens is 1. The lowest BCUT2D eigenvalue weighted by molar-refractivity contribution is -0.384. The van der Waals surface area contributed by atoms with E-state index in [4.69, 9.17) is 4.74 Å². The van der Waals surface area contributed by atoms with Crippen LogP contribution in [-0.4, -0.2) is 21.9 Å². The second-order valence-corrected chi connectivity index (χ2v) is 6.26. The number of nitro groups is 1. The van der Waals surface area contributed by atoms with Crippen molar-refractivity contribution in [3.63, 3.8) is 0 Å². The van der Waals surface area contributed by atoms with Crippen molar-refractivity contribution in [2.75, 3.05) is 5.32 Å². The van der Waals surface area contributed by atoms with Crippen LogP contribution in [0.2, 0.25) is 0 Å². The van der Waals surface area contributed by atoms with Gasteiger partial charge in [0.1, 0.15) is 5.75 Å². The maximum atomic E-state index is 12.3. The molecule has 0 radical (unpaired) electrons. The number of rotatable bonds is 6. The van der Waals surface area contributed by atoms with Gasteiger partial charge in [-0.2, -0.15) is 0 Å². The maximum absolute atomic E-state index is 12.3. The summed E-state index contributed by atoms with van der Waals surface area (Å²) in [6.45, 7) is 1.60. The van der Waals surface area contributed by atoms with Gasteiger partial charge in [-0.05, 0) is 19.1 Å². The minimum Gasteiger partial charge on any atom is -0.481 e. The molecule has 26 heavy (non-hydrogen) atoms. The molecule has 1 aromatic heterocycles. The van der Waals surface area contributed by atoms with E-state index in [1.807, 2.05) is 35.7 Å². The van der Waals surface area contributed by atoms with Gasteiger partial charge in [-0.1, -0.05) is 30.3 Å². The van der Waals surface area contributed by atoms with Crippen LogP contribution >= 0.6 is 11.3 Å². The Morgan fingerprint density at radius 2 is 1.88 bits per heavy atom. The van der Waals surface area contributed by atoms with E-state index in [2.05, 4.69) is 10.3 Å². The number of amides is 1. The fourth-order valence-corrected chi connectivity index (χ4v) is 2.91. The third kappa shape index (κ3) is 4.22. The molecule has 1 amide bonds. The first-order valence-electron chi connectivity index (χ1n) is 7.76. The number of hydrogen-bond donors (Lipinski definition) is 1. The van der Waals surface area contributed by atoms with Crippen molar-refractivity contribution in [1.29, 1.82) is 0 Å². The van der Waals surface area contributed by atoms with E-state index in [-0.39, 0.29) is 11.6 Å². The van der Waals surface area contributed by atoms with Gasteiger partial charge < -0.3 is 4.74 Å². The van der Waals surface area contributed by atoms with Gasteiger partial charge in [0.2, 0.25) is 0 Å². The highest BCUT2D eigenvalue weighted by Crippen LogP contribution is 2.25. The molecule has 1 N–H and O–H groups in total. The predicted molar refractivity (Wildman–Crippen MR) is 99.4 cm³/mol. The molecule has 3 aromatic rings. The highest BCUT2D eigenvalue weighted by Gasteiger charge is 2.17. The van der Waals surface area contributed by atoms with Crippen LogP contribution in [0.15, 0.2) is 60.0 Å². The number of nitro benzene ring substituents is 1. The molecule has 0 saturated heterocycles. The number of carbonyl (C=O) groups excluding carboxylic acids is 1. The van der Waals surface area contributed by atoms with Crippen LogP contribution in [0.5, 0.6) is 5.75 Å². The molecule has 0 spiro atoms. The van der Waals surface area contributed by atoms with Crippen LogP contribution < -0.4 is 10.1 Å². The summed E-state index contributed by atoms with van der Waals surface area (Å²) in [4.78, 5) is 26.8. The van der Waals surface area contributed by atoms with E-state index in [0.29, 0.717) is 10.9 Å². The average molecular weight is 369 g/mol. The zero-order valence-corrected chi connectivity index (χ0v) is 14.6. The normalized spacial score (nSPS) is 11.6. The third-order valence-corrected chi connectivity index (χ3v) is 4.29. The molecule has 2 aromatic carbocycles. The molecule has 1 atom stereocenters. The van der Waals surface area contributed by atoms with Crippen molar-refractivity contribution in [3.05, 3.63) is 70.1 Å². The molecule has 7 nitrogen and oxygen atoms in total. The number of carbonyl (C=O) groups is 1. The van der Waals surface area contributed by atoms with E-state index in [9.17, 15) is 14.9 Å². The van der Waals surface area contributed by atoms with Gasteiger partial charge >= 0.3 is 0 Å². The lowest BCUT2D eigenvalue weighted by Crippen LogP contribution is -2.30. The summed E-state index contributed by atoms with van der Waals surface area (Å²) in [7, 11) is 0. The first kappa shape index (κ1) is 17.6. The Morgan fingerprint density at radius 1 is 1.19 bits per heavy atom. The van der Waals surface area contributed by atoms with E-state index < -0.39 is 11.0 Å². The van der Waals surface area contributed by atoms with Crippen molar-refractivity contribution in [2.45, 2.75) is 13.0 Å². The molecule has 0 aliphatic heterocycles. The summed E-state index contributed by atoms with van der Waals surface area (Å²) in [5.74, 6) is 0.0275. The summed E-state index contributed by atoms with van der Waals surface area (Å²) >= 11 is 1.33. The van der Waals surface area contributed by atoms with E-state index in [0.717, 1.165) is 11.3 Å². The van der Waals surface area contributed by atoms with E-state index >= 15 is 0 Å². The minimum atomic E-state index is -0.777. The molecule has 0 saturated carbocycles. The number of thiazole rings is 1. The highest BCUT2D eigenvalue weighted by molar-refractivity contribution is 7.14. The Morgan fingerprint density at radius 3 is 2.54 bits per heavy atom. The van der Waals surface area contributed by atoms with Crippen LogP contribution in [0.25, 0.3) is 11.3 Å². The zero-order chi connectivity index (χ0) is 18.5. The molecule has 3 rings (SSSR count). The fourth-order valence-electron chi connectivity index (χ4n) is 2.18. The van der Waals surface area contributed by atoms with Gasteiger partial charge in [0.15, 0.2) is 11.2 Å². The standard InChI is InChI=1S/C18H15N3O4S/c1-12(25-15-9-7-14(8-10-15)21(23)24)17(22)20-18-19-16(11-26-18)13-5-3-2-4-6-13/h2-12H,1H3,(H,19,20,22)/t12-/m1/s1. The van der Waals surface area contributed by atoms with Crippen LogP contribution in [-0.2, 0) is 4.79 Å². The molecule has 132 valence electrons. The molecule has 8 heteroatoms. The molecular formula is C18H15N3O4S. The first-order chi connectivity index (χ1) is 12.5. The number of nitrogens with zero attached hydrogens (tertiary/aromatic N) is 2. The van der Waals surface area contributed by atoms with Crippen molar-refractivity contribution in [3.8, 4) is 17.0 Å². The van der Waals surface area contributed by atoms with Crippen molar-refractivity contribution in [2.24, 2.45) is 0 Å². The number of anilines is 1. The quantitative estimate of drug-likeness (QED) is 0.521. The number of non-ortho nitro benzene ring substituents is 1. The topological polar surface area (TPSA) is 94.4 Å². The smallest absolute Gasteiger partial charge is 0.269 e. The number of hydrogen-bond acceptors (Lipinski definition) is 6. The second kappa shape index (κ2) is 7.75. The first-order valence-corrected chi connectivity index (χ1v) is 8.64. The Hall–Kier alpha value is -3.26. The molecule has 0 fully saturated rings. The Labute approximate surface area is 153 Å². The van der Waals surface area contributed by atoms with Gasteiger partial charge in [0.05, 0.1) is 10.6 Å². The monoisotopic (exact) mass is 369 g/mol. The lowest BCUT2D eigenvalue weighted by atomic mass is 10.2. The third-order valence-electron chi connectivity index (χ3n) is 3.53. The van der Waals surface area contributed by atoms with Gasteiger partial charge in [-0.15, -0.1) is 11.3 Å². The summed E-state index contributed by atoms with van der Waals surface area (Å²) in [6.07, 6.45) is -0.777. The van der Waals surface area contributed by atoms with Gasteiger partial charge in [-0.25, -0.2) is 4.98 Å². The van der Waals surface area contributed by atoms with E-state index in [1.54, 1.807) is 6.92 Å². The Bertz CT molecular complexity index is 910. The van der Waals surface area contributed by atoms with Gasteiger partial charge in [-0.3, -0.25) is 20.2 Å². The minimum absolute atomic E-state index is 0.0364. The zero-order valence-electron chi connectivity index (χ0n) is 13.8. The molecule has 0 unspecified atom stereocenters. The summed E-state index contributed by atoms with van der Waals surface area (Å²) in [5.41, 5.74) is 1.72. The number of benzene rings is 2. The maximum Gasteiger partial charge on any atom is 0.269 e. The largest absolute Gasteiger partial charge is 0.481 e. The van der Waals surface area contributed by atoms with Crippen LogP contribution in [0.3, 0.4) is 0 Å². The summed E-state index contributed by atoms with van der Waals surface area (Å²) in [5, 5.41) is 15.7. The lowest BCUT2D eigenvalue weighted by Gasteiger charge is -2.13. The second-order valence-electron chi connectivity index (χ2n) is 5.40. The van der Waals surface area contributed by atoms with Crippen LogP contribution in [0.4, 0.5) is 10.8 Å².